The number of nitrogens with one attached hydrogen (secondary N) is 1. The maximum atomic E-state index is 14.1. The van der Waals surface area contributed by atoms with Crippen molar-refractivity contribution < 1.29 is 22.7 Å². The highest BCUT2D eigenvalue weighted by molar-refractivity contribution is 6.00. The van der Waals surface area contributed by atoms with E-state index in [-0.39, 0.29) is 23.8 Å². The fourth-order valence-corrected chi connectivity index (χ4v) is 2.65. The van der Waals surface area contributed by atoms with Crippen molar-refractivity contribution in [2.45, 2.75) is 20.0 Å². The van der Waals surface area contributed by atoms with Crippen LogP contribution >= 0.6 is 0 Å². The average Bonchev–Trinajstić information content (AvgIpc) is 2.79. The fraction of sp³-hybridized carbons (Fsp3) is 0.188. The molecule has 0 aliphatic carbocycles. The van der Waals surface area contributed by atoms with Crippen molar-refractivity contribution in [1.29, 1.82) is 0 Å². The Kier molecular flexibility index (Phi) is 3.52. The van der Waals surface area contributed by atoms with Crippen LogP contribution in [-0.2, 0) is 11.2 Å². The van der Waals surface area contributed by atoms with Crippen LogP contribution in [0.25, 0.3) is 11.1 Å². The van der Waals surface area contributed by atoms with E-state index in [2.05, 4.69) is 10.1 Å². The van der Waals surface area contributed by atoms with Crippen LogP contribution in [0, 0.1) is 12.7 Å². The smallest absolute Gasteiger partial charge is 0.387 e. The second kappa shape index (κ2) is 5.36. The van der Waals surface area contributed by atoms with E-state index in [4.69, 9.17) is 0 Å². The number of amides is 1. The molecule has 0 fully saturated rings. The average molecular weight is 307 g/mol. The lowest BCUT2D eigenvalue weighted by atomic mass is 9.96. The number of aryl methyl sites for hydroxylation is 1. The number of carbonyl (C=O) groups excluding carboxylic acids is 1. The van der Waals surface area contributed by atoms with Crippen molar-refractivity contribution in [2.24, 2.45) is 0 Å². The molecular weight excluding hydrogens is 295 g/mol. The molecule has 6 heteroatoms. The predicted octanol–water partition coefficient (Wildman–Crippen LogP) is 3.90. The van der Waals surface area contributed by atoms with Gasteiger partial charge in [-0.15, -0.1) is 0 Å². The third kappa shape index (κ3) is 2.52. The van der Waals surface area contributed by atoms with E-state index < -0.39 is 12.4 Å². The summed E-state index contributed by atoms with van der Waals surface area (Å²) in [6.45, 7) is -1.24. The van der Waals surface area contributed by atoms with Crippen molar-refractivity contribution in [1.82, 2.24) is 0 Å². The minimum Gasteiger partial charge on any atom is -0.434 e. The number of fused-ring (bicyclic) bond motifs is 1. The molecule has 3 rings (SSSR count). The zero-order valence-corrected chi connectivity index (χ0v) is 11.6. The summed E-state index contributed by atoms with van der Waals surface area (Å²) >= 11 is 0. The van der Waals surface area contributed by atoms with Crippen molar-refractivity contribution >= 4 is 11.6 Å². The fourth-order valence-electron chi connectivity index (χ4n) is 2.65. The lowest BCUT2D eigenvalue weighted by Gasteiger charge is -2.14. The van der Waals surface area contributed by atoms with E-state index >= 15 is 0 Å². The molecule has 2 aromatic rings. The first-order chi connectivity index (χ1) is 10.5. The quantitative estimate of drug-likeness (QED) is 0.934. The van der Waals surface area contributed by atoms with Crippen LogP contribution in [0.2, 0.25) is 0 Å². The van der Waals surface area contributed by atoms with Crippen molar-refractivity contribution in [3.63, 3.8) is 0 Å². The Bertz CT molecular complexity index is 759. The number of alkyl halides is 2. The molecule has 1 N–H and O–H groups in total. The molecule has 1 heterocycles. The molecule has 0 unspecified atom stereocenters. The third-order valence-corrected chi connectivity index (χ3v) is 3.53. The Morgan fingerprint density at radius 2 is 2.05 bits per heavy atom. The van der Waals surface area contributed by atoms with Gasteiger partial charge in [-0.2, -0.15) is 8.78 Å². The molecule has 0 saturated heterocycles. The molecular formula is C16H12F3NO2. The Labute approximate surface area is 124 Å². The lowest BCUT2D eigenvalue weighted by molar-refractivity contribution is -0.115. The molecule has 1 aliphatic heterocycles. The first-order valence-electron chi connectivity index (χ1n) is 6.63. The van der Waals surface area contributed by atoms with Crippen molar-refractivity contribution in [3.05, 3.63) is 47.3 Å². The number of hydrogen-bond donors (Lipinski definition) is 1. The molecule has 2 aromatic carbocycles. The summed E-state index contributed by atoms with van der Waals surface area (Å²) in [5.41, 5.74) is 2.13. The predicted molar refractivity (Wildman–Crippen MR) is 75.5 cm³/mol. The highest BCUT2D eigenvalue weighted by atomic mass is 19.3. The molecule has 0 spiro atoms. The van der Waals surface area contributed by atoms with E-state index in [1.807, 2.05) is 0 Å². The van der Waals surface area contributed by atoms with Gasteiger partial charge in [-0.05, 0) is 41.8 Å². The second-order valence-corrected chi connectivity index (χ2v) is 5.04. The molecule has 0 atom stereocenters. The SMILES string of the molecule is Cc1cccc(OC(F)F)c1-c1cc(F)c2c(c1)CC(=O)N2. The first-order valence-corrected chi connectivity index (χ1v) is 6.63. The van der Waals surface area contributed by atoms with Crippen LogP contribution in [0.1, 0.15) is 11.1 Å². The standard InChI is InChI=1S/C16H12F3NO2/c1-8-3-2-4-12(22-16(18)19)14(8)9-5-10-7-13(21)20-15(10)11(17)6-9/h2-6,16H,7H2,1H3,(H,20,21). The zero-order valence-electron chi connectivity index (χ0n) is 11.6. The van der Waals surface area contributed by atoms with E-state index in [1.54, 1.807) is 25.1 Å². The van der Waals surface area contributed by atoms with Gasteiger partial charge in [0.05, 0.1) is 12.1 Å². The highest BCUT2D eigenvalue weighted by Gasteiger charge is 2.24. The maximum Gasteiger partial charge on any atom is 0.387 e. The summed E-state index contributed by atoms with van der Waals surface area (Å²) in [7, 11) is 0. The summed E-state index contributed by atoms with van der Waals surface area (Å²) in [6.07, 6.45) is 0.0665. The molecule has 0 radical (unpaired) electrons. The molecule has 0 aromatic heterocycles. The van der Waals surface area contributed by atoms with Gasteiger partial charge in [0.15, 0.2) is 0 Å². The van der Waals surface area contributed by atoms with E-state index in [0.717, 1.165) is 0 Å². The number of rotatable bonds is 3. The van der Waals surface area contributed by atoms with E-state index in [9.17, 15) is 18.0 Å². The number of halogens is 3. The number of ether oxygens (including phenoxy) is 1. The molecule has 3 nitrogen and oxygen atoms in total. The van der Waals surface area contributed by atoms with Gasteiger partial charge in [0.25, 0.3) is 0 Å². The molecule has 1 aliphatic rings. The van der Waals surface area contributed by atoms with Gasteiger partial charge in [-0.1, -0.05) is 12.1 Å². The zero-order chi connectivity index (χ0) is 15.9. The van der Waals surface area contributed by atoms with Crippen LogP contribution in [0.5, 0.6) is 5.75 Å². The lowest BCUT2D eigenvalue weighted by Crippen LogP contribution is -2.04. The Morgan fingerprint density at radius 1 is 1.27 bits per heavy atom. The third-order valence-electron chi connectivity index (χ3n) is 3.53. The van der Waals surface area contributed by atoms with Crippen LogP contribution in [0.4, 0.5) is 18.9 Å². The normalized spacial score (nSPS) is 13.2. The molecule has 1 amide bonds. The Morgan fingerprint density at radius 3 is 2.77 bits per heavy atom. The van der Waals surface area contributed by atoms with Gasteiger partial charge < -0.3 is 10.1 Å². The molecule has 0 saturated carbocycles. The van der Waals surface area contributed by atoms with Gasteiger partial charge >= 0.3 is 6.61 Å². The highest BCUT2D eigenvalue weighted by Crippen LogP contribution is 2.38. The molecule has 114 valence electrons. The summed E-state index contributed by atoms with van der Waals surface area (Å²) in [5, 5.41) is 2.44. The molecule has 22 heavy (non-hydrogen) atoms. The Hall–Kier alpha value is -2.50. The summed E-state index contributed by atoms with van der Waals surface area (Å²) < 4.78 is 43.7. The monoisotopic (exact) mass is 307 g/mol. The first kappa shape index (κ1) is 14.4. The number of hydrogen-bond acceptors (Lipinski definition) is 2. The summed E-state index contributed by atoms with van der Waals surface area (Å²) in [4.78, 5) is 11.4. The van der Waals surface area contributed by atoms with Crippen molar-refractivity contribution in [2.75, 3.05) is 5.32 Å². The van der Waals surface area contributed by atoms with Crippen LogP contribution in [0.15, 0.2) is 30.3 Å². The van der Waals surface area contributed by atoms with Crippen LogP contribution in [0.3, 0.4) is 0 Å². The summed E-state index contributed by atoms with van der Waals surface area (Å²) in [6, 6.07) is 7.55. The topological polar surface area (TPSA) is 38.3 Å². The minimum atomic E-state index is -2.97. The van der Waals surface area contributed by atoms with E-state index in [1.165, 1.54) is 12.1 Å². The number of anilines is 1. The number of carbonyl (C=O) groups is 1. The van der Waals surface area contributed by atoms with Gasteiger partial charge in [0.1, 0.15) is 11.6 Å². The van der Waals surface area contributed by atoms with Gasteiger partial charge in [-0.3, -0.25) is 4.79 Å². The summed E-state index contributed by atoms with van der Waals surface area (Å²) in [5.74, 6) is -0.906. The van der Waals surface area contributed by atoms with Gasteiger partial charge in [0.2, 0.25) is 5.91 Å². The van der Waals surface area contributed by atoms with Crippen LogP contribution < -0.4 is 10.1 Å². The van der Waals surface area contributed by atoms with Gasteiger partial charge in [-0.25, -0.2) is 4.39 Å². The van der Waals surface area contributed by atoms with Gasteiger partial charge in [0, 0.05) is 5.56 Å². The molecule has 0 bridgehead atoms. The largest absolute Gasteiger partial charge is 0.434 e. The van der Waals surface area contributed by atoms with Crippen LogP contribution in [-0.4, -0.2) is 12.5 Å². The Balaban J connectivity index is 2.15. The number of benzene rings is 2. The van der Waals surface area contributed by atoms with E-state index in [0.29, 0.717) is 22.3 Å². The minimum absolute atomic E-state index is 0.0216. The van der Waals surface area contributed by atoms with Crippen molar-refractivity contribution in [3.8, 4) is 16.9 Å². The second-order valence-electron chi connectivity index (χ2n) is 5.04. The maximum absolute atomic E-state index is 14.1.